The first-order valence-corrected chi connectivity index (χ1v) is 8.48. The Morgan fingerprint density at radius 3 is 2.65 bits per heavy atom. The number of aliphatic hydroxyl groups is 1. The van der Waals surface area contributed by atoms with Crippen molar-refractivity contribution in [1.82, 2.24) is 10.2 Å². The lowest BCUT2D eigenvalue weighted by atomic mass is 10.1. The highest BCUT2D eigenvalue weighted by Crippen LogP contribution is 2.15. The number of rotatable bonds is 11. The Bertz CT molecular complexity index is 457. The molecule has 0 spiro atoms. The Morgan fingerprint density at radius 1 is 1.30 bits per heavy atom. The van der Waals surface area contributed by atoms with Gasteiger partial charge in [-0.25, -0.2) is 0 Å². The first-order chi connectivity index (χ1) is 11.1. The molecule has 0 radical (unpaired) electrons. The third kappa shape index (κ3) is 7.01. The predicted octanol–water partition coefficient (Wildman–Crippen LogP) is 2.16. The molecule has 0 aliphatic heterocycles. The first kappa shape index (κ1) is 19.5. The molecule has 0 aromatic heterocycles. The number of aliphatic hydroxyl groups excluding tert-OH is 1. The Labute approximate surface area is 139 Å². The second-order valence-corrected chi connectivity index (χ2v) is 5.58. The summed E-state index contributed by atoms with van der Waals surface area (Å²) in [6.07, 6.45) is 0.863. The van der Waals surface area contributed by atoms with Gasteiger partial charge in [0.25, 0.3) is 5.91 Å². The molecule has 0 fully saturated rings. The van der Waals surface area contributed by atoms with Crippen LogP contribution in [-0.4, -0.2) is 55.3 Å². The lowest BCUT2D eigenvalue weighted by Crippen LogP contribution is -2.34. The second-order valence-electron chi connectivity index (χ2n) is 5.58. The summed E-state index contributed by atoms with van der Waals surface area (Å²) >= 11 is 0. The number of benzene rings is 1. The molecule has 1 amide bonds. The molecule has 2 N–H and O–H groups in total. The molecule has 1 unspecified atom stereocenters. The molecule has 1 atom stereocenters. The summed E-state index contributed by atoms with van der Waals surface area (Å²) in [6.45, 7) is 10.3. The van der Waals surface area contributed by atoms with Gasteiger partial charge in [-0.05, 0) is 37.7 Å². The van der Waals surface area contributed by atoms with E-state index in [1.54, 1.807) is 12.1 Å². The lowest BCUT2D eigenvalue weighted by Gasteiger charge is -2.18. The van der Waals surface area contributed by atoms with Crippen LogP contribution in [0.15, 0.2) is 24.3 Å². The molecule has 0 saturated carbocycles. The Morgan fingerprint density at radius 2 is 2.04 bits per heavy atom. The highest BCUT2D eigenvalue weighted by molar-refractivity contribution is 5.94. The van der Waals surface area contributed by atoms with Crippen LogP contribution in [-0.2, 0) is 0 Å². The summed E-state index contributed by atoms with van der Waals surface area (Å²) in [7, 11) is 0. The maximum Gasteiger partial charge on any atom is 0.251 e. The van der Waals surface area contributed by atoms with Crippen molar-refractivity contribution in [1.29, 1.82) is 0 Å². The summed E-state index contributed by atoms with van der Waals surface area (Å²) in [5.41, 5.74) is 0.596. The minimum atomic E-state index is -0.0863. The maximum absolute atomic E-state index is 12.2. The number of nitrogens with zero attached hydrogens (tertiary/aromatic N) is 1. The molecule has 1 aromatic carbocycles. The molecule has 5 heteroatoms. The van der Waals surface area contributed by atoms with Gasteiger partial charge in [0.2, 0.25) is 0 Å². The molecule has 1 rings (SSSR count). The monoisotopic (exact) mass is 322 g/mol. The van der Waals surface area contributed by atoms with Gasteiger partial charge in [-0.3, -0.25) is 4.79 Å². The quantitative estimate of drug-likeness (QED) is 0.655. The molecule has 0 saturated heterocycles. The zero-order chi connectivity index (χ0) is 17.1. The molecule has 0 heterocycles. The molecular formula is C18H30N2O3. The van der Waals surface area contributed by atoms with E-state index in [1.165, 1.54) is 0 Å². The van der Waals surface area contributed by atoms with Crippen molar-refractivity contribution < 1.29 is 14.6 Å². The first-order valence-electron chi connectivity index (χ1n) is 8.48. The minimum Gasteiger partial charge on any atom is -0.493 e. The number of hydrogen-bond donors (Lipinski definition) is 2. The topological polar surface area (TPSA) is 61.8 Å². The summed E-state index contributed by atoms with van der Waals surface area (Å²) < 4.78 is 5.67. The van der Waals surface area contributed by atoms with E-state index in [2.05, 4.69) is 24.1 Å². The molecule has 23 heavy (non-hydrogen) atoms. The van der Waals surface area contributed by atoms with Crippen LogP contribution < -0.4 is 10.1 Å². The van der Waals surface area contributed by atoms with Crippen molar-refractivity contribution in [3.63, 3.8) is 0 Å². The van der Waals surface area contributed by atoms with Crippen molar-refractivity contribution in [2.24, 2.45) is 5.92 Å². The van der Waals surface area contributed by atoms with E-state index in [0.717, 1.165) is 26.1 Å². The number of carbonyl (C=O) groups excluding carboxylic acids is 1. The minimum absolute atomic E-state index is 0.0863. The lowest BCUT2D eigenvalue weighted by molar-refractivity contribution is 0.0948. The molecular weight excluding hydrogens is 292 g/mol. The third-order valence-electron chi connectivity index (χ3n) is 4.03. The van der Waals surface area contributed by atoms with Gasteiger partial charge in [0, 0.05) is 31.2 Å². The van der Waals surface area contributed by atoms with Gasteiger partial charge in [-0.2, -0.15) is 0 Å². The van der Waals surface area contributed by atoms with E-state index in [-0.39, 0.29) is 18.4 Å². The fourth-order valence-electron chi connectivity index (χ4n) is 2.21. The van der Waals surface area contributed by atoms with Gasteiger partial charge in [0.05, 0.1) is 6.61 Å². The Balaban J connectivity index is 2.50. The number of hydrogen-bond acceptors (Lipinski definition) is 4. The second kappa shape index (κ2) is 11.0. The highest BCUT2D eigenvalue weighted by atomic mass is 16.5. The average molecular weight is 322 g/mol. The molecule has 1 aromatic rings. The van der Waals surface area contributed by atoms with Crippen molar-refractivity contribution in [3.05, 3.63) is 29.8 Å². The fourth-order valence-corrected chi connectivity index (χ4v) is 2.21. The van der Waals surface area contributed by atoms with Crippen molar-refractivity contribution in [3.8, 4) is 5.75 Å². The van der Waals surface area contributed by atoms with Crippen molar-refractivity contribution in [2.75, 3.05) is 39.4 Å². The molecule has 0 aliphatic carbocycles. The molecule has 130 valence electrons. The van der Waals surface area contributed by atoms with Gasteiger partial charge in [-0.15, -0.1) is 0 Å². The molecule has 5 nitrogen and oxygen atoms in total. The van der Waals surface area contributed by atoms with E-state index in [9.17, 15) is 9.90 Å². The van der Waals surface area contributed by atoms with Crippen molar-refractivity contribution >= 4 is 5.91 Å². The van der Waals surface area contributed by atoms with Gasteiger partial charge in [-0.1, -0.05) is 26.8 Å². The summed E-state index contributed by atoms with van der Waals surface area (Å²) in [5, 5.41) is 12.1. The summed E-state index contributed by atoms with van der Waals surface area (Å²) in [5.74, 6) is 0.701. The van der Waals surface area contributed by atoms with Crippen LogP contribution in [0.1, 0.15) is 37.6 Å². The van der Waals surface area contributed by atoms with Gasteiger partial charge < -0.3 is 20.1 Å². The van der Waals surface area contributed by atoms with E-state index in [0.29, 0.717) is 24.5 Å². The number of ether oxygens (including phenoxy) is 1. The molecule has 0 aliphatic rings. The SMILES string of the molecule is CCC(CO)COc1cccc(C(=O)NCCN(CC)CC)c1. The average Bonchev–Trinajstić information content (AvgIpc) is 2.59. The number of amides is 1. The number of nitrogens with one attached hydrogen (secondary N) is 1. The van der Waals surface area contributed by atoms with Gasteiger partial charge in [0.1, 0.15) is 5.75 Å². The van der Waals surface area contributed by atoms with Crippen LogP contribution in [0.5, 0.6) is 5.75 Å². The third-order valence-corrected chi connectivity index (χ3v) is 4.03. The maximum atomic E-state index is 12.2. The van der Waals surface area contributed by atoms with Gasteiger partial charge >= 0.3 is 0 Å². The standard InChI is InChI=1S/C18H30N2O3/c1-4-15(13-21)14-23-17-9-7-8-16(12-17)18(22)19-10-11-20(5-2)6-3/h7-9,12,15,21H,4-6,10-11,13-14H2,1-3H3,(H,19,22). The van der Waals surface area contributed by atoms with E-state index >= 15 is 0 Å². The predicted molar refractivity (Wildman–Crippen MR) is 92.9 cm³/mol. The zero-order valence-electron chi connectivity index (χ0n) is 14.5. The van der Waals surface area contributed by atoms with Crippen LogP contribution in [0, 0.1) is 5.92 Å². The Kier molecular flexibility index (Phi) is 9.33. The zero-order valence-corrected chi connectivity index (χ0v) is 14.5. The Hall–Kier alpha value is -1.59. The number of likely N-dealkylation sites (N-methyl/N-ethyl adjacent to an activating group) is 1. The van der Waals surface area contributed by atoms with Crippen LogP contribution >= 0.6 is 0 Å². The van der Waals surface area contributed by atoms with E-state index < -0.39 is 0 Å². The van der Waals surface area contributed by atoms with Crippen LogP contribution in [0.4, 0.5) is 0 Å². The summed E-state index contributed by atoms with van der Waals surface area (Å²) in [4.78, 5) is 14.4. The number of carbonyl (C=O) groups is 1. The fraction of sp³-hybridized carbons (Fsp3) is 0.611. The van der Waals surface area contributed by atoms with Crippen LogP contribution in [0.25, 0.3) is 0 Å². The van der Waals surface area contributed by atoms with Crippen molar-refractivity contribution in [2.45, 2.75) is 27.2 Å². The largest absolute Gasteiger partial charge is 0.493 e. The van der Waals surface area contributed by atoms with E-state index in [1.807, 2.05) is 19.1 Å². The van der Waals surface area contributed by atoms with Gasteiger partial charge in [0.15, 0.2) is 0 Å². The normalized spacial score (nSPS) is 12.2. The molecule has 0 bridgehead atoms. The van der Waals surface area contributed by atoms with Crippen LogP contribution in [0.2, 0.25) is 0 Å². The summed E-state index contributed by atoms with van der Waals surface area (Å²) in [6, 6.07) is 7.17. The van der Waals surface area contributed by atoms with E-state index in [4.69, 9.17) is 4.74 Å². The smallest absolute Gasteiger partial charge is 0.251 e. The van der Waals surface area contributed by atoms with Crippen LogP contribution in [0.3, 0.4) is 0 Å². The highest BCUT2D eigenvalue weighted by Gasteiger charge is 2.09.